The van der Waals surface area contributed by atoms with Gasteiger partial charge in [0.2, 0.25) is 5.91 Å². The van der Waals surface area contributed by atoms with Crippen LogP contribution in [-0.4, -0.2) is 26.9 Å². The van der Waals surface area contributed by atoms with Gasteiger partial charge in [-0.2, -0.15) is 0 Å². The van der Waals surface area contributed by atoms with E-state index >= 15 is 0 Å². The lowest BCUT2D eigenvalue weighted by Gasteiger charge is -2.29. The normalized spacial score (nSPS) is 15.6. The Kier molecular flexibility index (Phi) is 5.90. The number of halogens is 1. The first-order chi connectivity index (χ1) is 14.8. The number of sulfonamides is 1. The molecular weight excluding hydrogens is 476 g/mol. The molecule has 0 bridgehead atoms. The minimum absolute atomic E-state index is 0.0289. The zero-order chi connectivity index (χ0) is 22.2. The van der Waals surface area contributed by atoms with Gasteiger partial charge in [-0.05, 0) is 68.3 Å². The minimum atomic E-state index is -3.93. The molecule has 0 aliphatic carbocycles. The summed E-state index contributed by atoms with van der Waals surface area (Å²) in [6.45, 7) is 3.60. The van der Waals surface area contributed by atoms with Crippen molar-refractivity contribution in [2.75, 3.05) is 15.7 Å². The van der Waals surface area contributed by atoms with E-state index in [4.69, 9.17) is 0 Å². The van der Waals surface area contributed by atoms with Crippen molar-refractivity contribution in [2.24, 2.45) is 0 Å². The number of benzene rings is 3. The lowest BCUT2D eigenvalue weighted by molar-refractivity contribution is -0.117. The predicted molar refractivity (Wildman–Crippen MR) is 127 cm³/mol. The number of hydrogen-bond acceptors (Lipinski definition) is 3. The Balaban J connectivity index is 1.72. The van der Waals surface area contributed by atoms with Crippen LogP contribution in [-0.2, 0) is 21.2 Å². The van der Waals surface area contributed by atoms with E-state index in [-0.39, 0.29) is 23.4 Å². The third-order valence-electron chi connectivity index (χ3n) is 5.48. The molecule has 0 spiro atoms. The van der Waals surface area contributed by atoms with E-state index in [9.17, 15) is 13.2 Å². The molecule has 1 aliphatic rings. The molecule has 0 saturated carbocycles. The Labute approximate surface area is 191 Å². The molecule has 4 rings (SSSR count). The Morgan fingerprint density at radius 2 is 1.68 bits per heavy atom. The number of hydrogen-bond donors (Lipinski definition) is 0. The third kappa shape index (κ3) is 4.25. The maximum atomic E-state index is 13.5. The number of nitrogens with zero attached hydrogens (tertiary/aromatic N) is 2. The van der Waals surface area contributed by atoms with Gasteiger partial charge in [0, 0.05) is 16.2 Å². The second-order valence-electron chi connectivity index (χ2n) is 7.75. The Morgan fingerprint density at radius 3 is 2.35 bits per heavy atom. The average Bonchev–Trinajstić information content (AvgIpc) is 3.08. The van der Waals surface area contributed by atoms with Crippen LogP contribution in [0.4, 0.5) is 11.4 Å². The van der Waals surface area contributed by atoms with Gasteiger partial charge in [-0.3, -0.25) is 9.10 Å². The largest absolute Gasteiger partial charge is 0.307 e. The van der Waals surface area contributed by atoms with Gasteiger partial charge >= 0.3 is 0 Å². The van der Waals surface area contributed by atoms with E-state index < -0.39 is 10.0 Å². The lowest BCUT2D eigenvalue weighted by Crippen LogP contribution is -2.45. The van der Waals surface area contributed by atoms with Gasteiger partial charge in [-0.1, -0.05) is 51.8 Å². The molecule has 3 aromatic carbocycles. The number of aryl methyl sites for hydroxylation is 1. The monoisotopic (exact) mass is 498 g/mol. The fourth-order valence-electron chi connectivity index (χ4n) is 3.90. The molecule has 31 heavy (non-hydrogen) atoms. The first kappa shape index (κ1) is 21.6. The number of amides is 1. The molecule has 160 valence electrons. The maximum absolute atomic E-state index is 13.5. The lowest BCUT2D eigenvalue weighted by atomic mass is 10.1. The second kappa shape index (κ2) is 8.48. The summed E-state index contributed by atoms with van der Waals surface area (Å²) in [5.41, 5.74) is 3.36. The zero-order valence-electron chi connectivity index (χ0n) is 17.3. The molecule has 1 unspecified atom stereocenters. The van der Waals surface area contributed by atoms with Crippen molar-refractivity contribution in [2.45, 2.75) is 31.2 Å². The van der Waals surface area contributed by atoms with Crippen molar-refractivity contribution in [1.82, 2.24) is 0 Å². The summed E-state index contributed by atoms with van der Waals surface area (Å²) in [5.74, 6) is -0.254. The topological polar surface area (TPSA) is 57.7 Å². The average molecular weight is 499 g/mol. The van der Waals surface area contributed by atoms with Crippen LogP contribution in [0.3, 0.4) is 0 Å². The highest BCUT2D eigenvalue weighted by molar-refractivity contribution is 9.10. The smallest absolute Gasteiger partial charge is 0.264 e. The number of carbonyl (C=O) groups excluding carboxylic acids is 1. The Bertz CT molecular complexity index is 1210. The quantitative estimate of drug-likeness (QED) is 0.500. The predicted octanol–water partition coefficient (Wildman–Crippen LogP) is 4.93. The molecule has 7 heteroatoms. The molecule has 1 heterocycles. The van der Waals surface area contributed by atoms with Crippen molar-refractivity contribution in [3.63, 3.8) is 0 Å². The van der Waals surface area contributed by atoms with Crippen LogP contribution >= 0.6 is 15.9 Å². The van der Waals surface area contributed by atoms with Crippen molar-refractivity contribution in [3.05, 3.63) is 88.4 Å². The Hall–Kier alpha value is -2.64. The van der Waals surface area contributed by atoms with E-state index in [1.165, 1.54) is 4.31 Å². The maximum Gasteiger partial charge on any atom is 0.264 e. The van der Waals surface area contributed by atoms with E-state index in [1.807, 2.05) is 38.1 Å². The SMILES string of the molecule is Cc1ccc(S(=O)(=O)N(CC(=O)N2c3ccccc3CC2C)c2ccc(Br)cc2)cc1. The van der Waals surface area contributed by atoms with Gasteiger partial charge in [0.25, 0.3) is 10.0 Å². The molecule has 0 radical (unpaired) electrons. The summed E-state index contributed by atoms with van der Waals surface area (Å²) in [4.78, 5) is 15.3. The fourth-order valence-corrected chi connectivity index (χ4v) is 5.58. The van der Waals surface area contributed by atoms with Gasteiger partial charge in [-0.25, -0.2) is 8.42 Å². The van der Waals surface area contributed by atoms with Gasteiger partial charge in [0.05, 0.1) is 10.6 Å². The van der Waals surface area contributed by atoms with Crippen LogP contribution in [0.1, 0.15) is 18.1 Å². The molecule has 0 fully saturated rings. The van der Waals surface area contributed by atoms with Gasteiger partial charge < -0.3 is 4.90 Å². The summed E-state index contributed by atoms with van der Waals surface area (Å²) >= 11 is 3.39. The summed E-state index contributed by atoms with van der Waals surface area (Å²) in [6.07, 6.45) is 0.755. The molecule has 0 saturated heterocycles. The van der Waals surface area contributed by atoms with Crippen LogP contribution < -0.4 is 9.21 Å². The standard InChI is InChI=1S/C24H23BrN2O3S/c1-17-7-13-22(14-8-17)31(29,30)26(21-11-9-20(25)10-12-21)16-24(28)27-18(2)15-19-5-3-4-6-23(19)27/h3-14,18H,15-16H2,1-2H3. The molecule has 3 aromatic rings. The van der Waals surface area contributed by atoms with Crippen LogP contribution in [0.15, 0.2) is 82.2 Å². The zero-order valence-corrected chi connectivity index (χ0v) is 19.7. The molecular formula is C24H23BrN2O3S. The van der Waals surface area contributed by atoms with Crippen LogP contribution in [0.25, 0.3) is 0 Å². The van der Waals surface area contributed by atoms with Crippen molar-refractivity contribution >= 4 is 43.2 Å². The van der Waals surface area contributed by atoms with E-state index in [0.29, 0.717) is 5.69 Å². The van der Waals surface area contributed by atoms with E-state index in [0.717, 1.165) is 27.7 Å². The first-order valence-corrected chi connectivity index (χ1v) is 12.3. The van der Waals surface area contributed by atoms with Crippen LogP contribution in [0.5, 0.6) is 0 Å². The van der Waals surface area contributed by atoms with Crippen molar-refractivity contribution in [1.29, 1.82) is 0 Å². The molecule has 0 N–H and O–H groups in total. The summed E-state index contributed by atoms with van der Waals surface area (Å²) < 4.78 is 29.1. The number of anilines is 2. The van der Waals surface area contributed by atoms with Crippen LogP contribution in [0, 0.1) is 6.92 Å². The fraction of sp³-hybridized carbons (Fsp3) is 0.208. The highest BCUT2D eigenvalue weighted by Crippen LogP contribution is 2.33. The van der Waals surface area contributed by atoms with E-state index in [2.05, 4.69) is 15.9 Å². The van der Waals surface area contributed by atoms with Gasteiger partial charge in [-0.15, -0.1) is 0 Å². The first-order valence-electron chi connectivity index (χ1n) is 10.0. The molecule has 1 aliphatic heterocycles. The highest BCUT2D eigenvalue weighted by Gasteiger charge is 2.34. The summed E-state index contributed by atoms with van der Waals surface area (Å²) in [5, 5.41) is 0. The van der Waals surface area contributed by atoms with Gasteiger partial charge in [0.1, 0.15) is 6.54 Å². The van der Waals surface area contributed by atoms with E-state index in [1.54, 1.807) is 53.4 Å². The summed E-state index contributed by atoms with van der Waals surface area (Å²) in [7, 11) is -3.93. The molecule has 5 nitrogen and oxygen atoms in total. The molecule has 1 amide bonds. The van der Waals surface area contributed by atoms with Crippen molar-refractivity contribution < 1.29 is 13.2 Å². The number of rotatable bonds is 5. The third-order valence-corrected chi connectivity index (χ3v) is 7.80. The molecule has 0 aromatic heterocycles. The number of para-hydroxylation sites is 1. The highest BCUT2D eigenvalue weighted by atomic mass is 79.9. The number of carbonyl (C=O) groups is 1. The second-order valence-corrected chi connectivity index (χ2v) is 10.5. The van der Waals surface area contributed by atoms with Crippen LogP contribution in [0.2, 0.25) is 0 Å². The summed E-state index contributed by atoms with van der Waals surface area (Å²) in [6, 6.07) is 21.3. The minimum Gasteiger partial charge on any atom is -0.307 e. The van der Waals surface area contributed by atoms with Crippen molar-refractivity contribution in [3.8, 4) is 0 Å². The number of fused-ring (bicyclic) bond motifs is 1. The molecule has 1 atom stereocenters. The van der Waals surface area contributed by atoms with Gasteiger partial charge in [0.15, 0.2) is 0 Å². The Morgan fingerprint density at radius 1 is 1.03 bits per heavy atom.